The summed E-state index contributed by atoms with van der Waals surface area (Å²) in [5.74, 6) is 0.427. The van der Waals surface area contributed by atoms with E-state index in [2.05, 4.69) is 63.2 Å². The molecule has 0 aromatic carbocycles. The summed E-state index contributed by atoms with van der Waals surface area (Å²) in [6.07, 6.45) is 12.6. The number of ether oxygens (including phenoxy) is 1. The van der Waals surface area contributed by atoms with Gasteiger partial charge in [0.15, 0.2) is 0 Å². The smallest absolute Gasteiger partial charge is 0.0931 e. The van der Waals surface area contributed by atoms with Crippen molar-refractivity contribution in [1.82, 2.24) is 4.90 Å². The molecule has 4 heteroatoms. The van der Waals surface area contributed by atoms with Crippen molar-refractivity contribution in [2.45, 2.75) is 38.2 Å². The number of methoxy groups -OCH3 is 1. The third-order valence-electron chi connectivity index (χ3n) is 4.22. The Morgan fingerprint density at radius 1 is 1.41 bits per heavy atom. The SMILES string of the molecule is C/C=C\C(=C/C(C)C(C)N(C)C)C1=CC(SO)C(OC)C=C1. The maximum atomic E-state index is 9.48. The summed E-state index contributed by atoms with van der Waals surface area (Å²) in [6.45, 7) is 6.49. The Morgan fingerprint density at radius 2 is 2.09 bits per heavy atom. The van der Waals surface area contributed by atoms with Crippen LogP contribution >= 0.6 is 12.0 Å². The molecule has 0 amide bonds. The molecule has 0 aromatic heterocycles. The van der Waals surface area contributed by atoms with Gasteiger partial charge in [0, 0.05) is 13.2 Å². The largest absolute Gasteiger partial charge is 0.376 e. The van der Waals surface area contributed by atoms with Gasteiger partial charge in [-0.25, -0.2) is 0 Å². The van der Waals surface area contributed by atoms with Gasteiger partial charge in [-0.2, -0.15) is 0 Å². The summed E-state index contributed by atoms with van der Waals surface area (Å²) in [4.78, 5) is 2.23. The summed E-state index contributed by atoms with van der Waals surface area (Å²) < 4.78 is 14.9. The van der Waals surface area contributed by atoms with Crippen molar-refractivity contribution < 1.29 is 9.29 Å². The molecule has 0 heterocycles. The molecule has 0 fully saturated rings. The van der Waals surface area contributed by atoms with Gasteiger partial charge in [-0.15, -0.1) is 0 Å². The fourth-order valence-electron chi connectivity index (χ4n) is 2.45. The third kappa shape index (κ3) is 5.13. The van der Waals surface area contributed by atoms with Crippen molar-refractivity contribution in [2.75, 3.05) is 21.2 Å². The topological polar surface area (TPSA) is 32.7 Å². The van der Waals surface area contributed by atoms with Gasteiger partial charge in [0.05, 0.1) is 11.4 Å². The average molecular weight is 324 g/mol. The highest BCUT2D eigenvalue weighted by molar-refractivity contribution is 7.94. The molecular formula is C18H29NO2S. The summed E-state index contributed by atoms with van der Waals surface area (Å²) in [6, 6.07) is 0.461. The van der Waals surface area contributed by atoms with Crippen LogP contribution in [0.5, 0.6) is 0 Å². The first-order valence-corrected chi connectivity index (χ1v) is 8.52. The van der Waals surface area contributed by atoms with E-state index in [1.165, 1.54) is 5.57 Å². The van der Waals surface area contributed by atoms with E-state index in [4.69, 9.17) is 4.74 Å². The zero-order chi connectivity index (χ0) is 16.7. The maximum absolute atomic E-state index is 9.48. The summed E-state index contributed by atoms with van der Waals surface area (Å²) >= 11 is 0.836. The van der Waals surface area contributed by atoms with E-state index < -0.39 is 0 Å². The van der Waals surface area contributed by atoms with Crippen LogP contribution in [0.25, 0.3) is 0 Å². The molecule has 124 valence electrons. The fraction of sp³-hybridized carbons (Fsp3) is 0.556. The van der Waals surface area contributed by atoms with E-state index in [-0.39, 0.29) is 11.4 Å². The van der Waals surface area contributed by atoms with Crippen molar-refractivity contribution in [3.05, 3.63) is 47.6 Å². The van der Waals surface area contributed by atoms with Gasteiger partial charge in [0.25, 0.3) is 0 Å². The molecule has 1 aliphatic rings. The van der Waals surface area contributed by atoms with Crippen LogP contribution in [0.15, 0.2) is 47.6 Å². The fourth-order valence-corrected chi connectivity index (χ4v) is 2.98. The molecule has 0 spiro atoms. The highest BCUT2D eigenvalue weighted by Crippen LogP contribution is 2.28. The Kier molecular flexibility index (Phi) is 8.18. The van der Waals surface area contributed by atoms with Crippen LogP contribution in [-0.2, 0) is 4.74 Å². The van der Waals surface area contributed by atoms with E-state index in [0.29, 0.717) is 12.0 Å². The molecule has 0 saturated carbocycles. The number of allylic oxidation sites excluding steroid dienone is 5. The first-order chi connectivity index (χ1) is 10.4. The molecule has 4 atom stereocenters. The molecule has 0 bridgehead atoms. The quantitative estimate of drug-likeness (QED) is 0.563. The Morgan fingerprint density at radius 3 is 2.59 bits per heavy atom. The van der Waals surface area contributed by atoms with Gasteiger partial charge in [-0.3, -0.25) is 0 Å². The molecule has 1 rings (SSSR count). The number of nitrogens with zero attached hydrogens (tertiary/aromatic N) is 1. The second-order valence-electron chi connectivity index (χ2n) is 5.94. The number of hydrogen-bond acceptors (Lipinski definition) is 4. The minimum absolute atomic E-state index is 0.0692. The first-order valence-electron chi connectivity index (χ1n) is 7.68. The molecule has 0 radical (unpaired) electrons. The van der Waals surface area contributed by atoms with Gasteiger partial charge < -0.3 is 14.2 Å². The van der Waals surface area contributed by atoms with Crippen molar-refractivity contribution in [3.63, 3.8) is 0 Å². The Bertz CT molecular complexity index is 466. The molecule has 4 unspecified atom stereocenters. The van der Waals surface area contributed by atoms with Crippen LogP contribution in [0.2, 0.25) is 0 Å². The van der Waals surface area contributed by atoms with E-state index in [0.717, 1.165) is 17.6 Å². The van der Waals surface area contributed by atoms with Gasteiger partial charge in [-0.05, 0) is 57.0 Å². The molecule has 1 N–H and O–H groups in total. The van der Waals surface area contributed by atoms with Gasteiger partial charge >= 0.3 is 0 Å². The lowest BCUT2D eigenvalue weighted by molar-refractivity contribution is 0.145. The number of hydrogen-bond donors (Lipinski definition) is 1. The van der Waals surface area contributed by atoms with E-state index in [9.17, 15) is 4.55 Å². The lowest BCUT2D eigenvalue weighted by Crippen LogP contribution is -2.30. The highest BCUT2D eigenvalue weighted by Gasteiger charge is 2.22. The van der Waals surface area contributed by atoms with Crippen molar-refractivity contribution in [3.8, 4) is 0 Å². The zero-order valence-electron chi connectivity index (χ0n) is 14.5. The number of rotatable bonds is 7. The van der Waals surface area contributed by atoms with Gasteiger partial charge in [0.2, 0.25) is 0 Å². The van der Waals surface area contributed by atoms with Crippen molar-refractivity contribution >= 4 is 12.0 Å². The molecule has 1 aliphatic carbocycles. The van der Waals surface area contributed by atoms with Gasteiger partial charge in [-0.1, -0.05) is 43.4 Å². The zero-order valence-corrected chi connectivity index (χ0v) is 15.3. The second-order valence-corrected chi connectivity index (χ2v) is 6.69. The Balaban J connectivity index is 3.06. The van der Waals surface area contributed by atoms with Crippen molar-refractivity contribution in [2.24, 2.45) is 5.92 Å². The molecule has 0 aliphatic heterocycles. The predicted octanol–water partition coefficient (Wildman–Crippen LogP) is 4.16. The highest BCUT2D eigenvalue weighted by atomic mass is 32.2. The third-order valence-corrected chi connectivity index (χ3v) is 4.87. The monoisotopic (exact) mass is 323 g/mol. The van der Waals surface area contributed by atoms with Crippen LogP contribution in [0.3, 0.4) is 0 Å². The minimum atomic E-state index is -0.0799. The summed E-state index contributed by atoms with van der Waals surface area (Å²) in [7, 11) is 5.87. The predicted molar refractivity (Wildman–Crippen MR) is 97.2 cm³/mol. The maximum Gasteiger partial charge on any atom is 0.0931 e. The molecule has 3 nitrogen and oxygen atoms in total. The summed E-state index contributed by atoms with van der Waals surface area (Å²) in [5.41, 5.74) is 2.32. The Hall–Kier alpha value is -0.810. The molecule has 0 aromatic rings. The van der Waals surface area contributed by atoms with Gasteiger partial charge in [0.1, 0.15) is 0 Å². The summed E-state index contributed by atoms with van der Waals surface area (Å²) in [5, 5.41) is -0.0692. The molecule has 0 saturated heterocycles. The minimum Gasteiger partial charge on any atom is -0.376 e. The van der Waals surface area contributed by atoms with Crippen LogP contribution in [0.4, 0.5) is 0 Å². The van der Waals surface area contributed by atoms with E-state index in [1.54, 1.807) is 7.11 Å². The van der Waals surface area contributed by atoms with Crippen LogP contribution < -0.4 is 0 Å². The molecular weight excluding hydrogens is 294 g/mol. The van der Waals surface area contributed by atoms with Crippen molar-refractivity contribution in [1.29, 1.82) is 0 Å². The molecule has 22 heavy (non-hydrogen) atoms. The second kappa shape index (κ2) is 9.36. The van der Waals surface area contributed by atoms with E-state index >= 15 is 0 Å². The van der Waals surface area contributed by atoms with Crippen LogP contribution in [-0.4, -0.2) is 48.1 Å². The van der Waals surface area contributed by atoms with Crippen LogP contribution in [0.1, 0.15) is 20.8 Å². The lowest BCUT2D eigenvalue weighted by atomic mass is 9.92. The normalized spacial score (nSPS) is 25.6. The lowest BCUT2D eigenvalue weighted by Gasteiger charge is -2.26. The average Bonchev–Trinajstić information content (AvgIpc) is 2.52. The standard InChI is InChI=1S/C18H29NO2S/c1-7-8-15(11-13(2)14(3)19(4)5)16-9-10-17(21-6)18(12-16)22-20/h7-14,17-18,20H,1-6H3/b8-7-,15-11+. The first kappa shape index (κ1) is 19.2. The van der Waals surface area contributed by atoms with E-state index in [1.807, 2.05) is 13.0 Å². The Labute approximate surface area is 139 Å². The van der Waals surface area contributed by atoms with Crippen LogP contribution in [0, 0.1) is 5.92 Å².